The van der Waals surface area contributed by atoms with Crippen LogP contribution >= 0.6 is 35.0 Å². The Labute approximate surface area is 240 Å². The standard InChI is InChI=1S/C29H27Cl2F2N3O2S/c1-29(2,19-5-10-23(30)24(31)15-19)26-16-35-28(36(26)21-8-6-20(32)7-9-21)39-17-18-4-11-25(33)22(14-18)27(37)34-12-13-38-3/h4-11,14-16H,12-13,17H2,1-3H3,(H,34,37). The van der Waals surface area contributed by atoms with Gasteiger partial charge in [0.25, 0.3) is 5.91 Å². The van der Waals surface area contributed by atoms with Gasteiger partial charge in [-0.1, -0.05) is 60.9 Å². The molecule has 204 valence electrons. The minimum atomic E-state index is -0.600. The normalized spacial score (nSPS) is 11.6. The van der Waals surface area contributed by atoms with E-state index in [-0.39, 0.29) is 17.9 Å². The molecule has 10 heteroatoms. The van der Waals surface area contributed by atoms with Crippen LogP contribution in [0.5, 0.6) is 0 Å². The number of hydrogen-bond donors (Lipinski definition) is 1. The zero-order chi connectivity index (χ0) is 28.2. The van der Waals surface area contributed by atoms with Crippen LogP contribution in [0.25, 0.3) is 5.69 Å². The number of ether oxygens (including phenoxy) is 1. The van der Waals surface area contributed by atoms with Crippen LogP contribution in [0.4, 0.5) is 8.78 Å². The highest BCUT2D eigenvalue weighted by Crippen LogP contribution is 2.38. The second kappa shape index (κ2) is 12.5. The van der Waals surface area contributed by atoms with Crippen LogP contribution in [0, 0.1) is 11.6 Å². The summed E-state index contributed by atoms with van der Waals surface area (Å²) in [5, 5.41) is 4.21. The van der Waals surface area contributed by atoms with Gasteiger partial charge in [0.2, 0.25) is 0 Å². The van der Waals surface area contributed by atoms with Crippen LogP contribution in [-0.2, 0) is 15.9 Å². The number of carbonyl (C=O) groups is 1. The van der Waals surface area contributed by atoms with Crippen molar-refractivity contribution in [1.29, 1.82) is 0 Å². The maximum atomic E-state index is 14.4. The van der Waals surface area contributed by atoms with Gasteiger partial charge in [-0.05, 0) is 59.7 Å². The van der Waals surface area contributed by atoms with Crippen molar-refractivity contribution < 1.29 is 18.3 Å². The maximum absolute atomic E-state index is 14.4. The SMILES string of the molecule is COCCNC(=O)c1cc(CSc2ncc(C(C)(C)c3ccc(Cl)c(Cl)c3)n2-c2ccc(F)cc2)ccc1F. The lowest BCUT2D eigenvalue weighted by atomic mass is 9.81. The number of rotatable bonds is 10. The fourth-order valence-corrected chi connectivity index (χ4v) is 5.33. The van der Waals surface area contributed by atoms with Crippen molar-refractivity contribution in [1.82, 2.24) is 14.9 Å². The topological polar surface area (TPSA) is 56.1 Å². The minimum Gasteiger partial charge on any atom is -0.383 e. The molecule has 3 aromatic carbocycles. The molecule has 39 heavy (non-hydrogen) atoms. The predicted molar refractivity (Wildman–Crippen MR) is 152 cm³/mol. The summed E-state index contributed by atoms with van der Waals surface area (Å²) in [6.45, 7) is 4.70. The molecule has 4 rings (SSSR count). The smallest absolute Gasteiger partial charge is 0.254 e. The number of methoxy groups -OCH3 is 1. The molecule has 0 unspecified atom stereocenters. The number of halogens is 4. The summed E-state index contributed by atoms with van der Waals surface area (Å²) in [6.07, 6.45) is 1.79. The third-order valence-corrected chi connectivity index (χ3v) is 8.09. The van der Waals surface area contributed by atoms with Crippen molar-refractivity contribution in [3.8, 4) is 5.69 Å². The molecule has 0 spiro atoms. The van der Waals surface area contributed by atoms with Gasteiger partial charge in [0.15, 0.2) is 5.16 Å². The van der Waals surface area contributed by atoms with E-state index in [4.69, 9.17) is 32.9 Å². The minimum absolute atomic E-state index is 0.0347. The summed E-state index contributed by atoms with van der Waals surface area (Å²) in [5.41, 5.74) is 2.69. The van der Waals surface area contributed by atoms with E-state index in [1.165, 1.54) is 43.1 Å². The van der Waals surface area contributed by atoms with E-state index in [1.807, 2.05) is 30.5 Å². The van der Waals surface area contributed by atoms with Crippen molar-refractivity contribution >= 4 is 40.9 Å². The van der Waals surface area contributed by atoms with Crippen LogP contribution in [0.3, 0.4) is 0 Å². The average Bonchev–Trinajstić information content (AvgIpc) is 3.35. The molecule has 0 bridgehead atoms. The number of carbonyl (C=O) groups excluding carboxylic acids is 1. The molecule has 0 radical (unpaired) electrons. The van der Waals surface area contributed by atoms with Gasteiger partial charge < -0.3 is 10.1 Å². The number of nitrogens with zero attached hydrogens (tertiary/aromatic N) is 2. The quantitative estimate of drug-likeness (QED) is 0.154. The molecule has 0 fully saturated rings. The number of aromatic nitrogens is 2. The van der Waals surface area contributed by atoms with E-state index in [9.17, 15) is 13.6 Å². The van der Waals surface area contributed by atoms with Crippen molar-refractivity contribution in [3.05, 3.63) is 111 Å². The molecule has 0 saturated heterocycles. The Kier molecular flexibility index (Phi) is 9.33. The number of thioether (sulfide) groups is 1. The van der Waals surface area contributed by atoms with Crippen molar-refractivity contribution in [2.24, 2.45) is 0 Å². The Hall–Kier alpha value is -2.91. The Balaban J connectivity index is 1.67. The monoisotopic (exact) mass is 589 g/mol. The molecule has 0 saturated carbocycles. The lowest BCUT2D eigenvalue weighted by Gasteiger charge is -2.28. The van der Waals surface area contributed by atoms with Crippen molar-refractivity contribution in [2.75, 3.05) is 20.3 Å². The van der Waals surface area contributed by atoms with E-state index >= 15 is 0 Å². The Morgan fingerprint density at radius 2 is 1.79 bits per heavy atom. The largest absolute Gasteiger partial charge is 0.383 e. The first-order valence-corrected chi connectivity index (χ1v) is 13.8. The Morgan fingerprint density at radius 1 is 1.05 bits per heavy atom. The molecular formula is C29H27Cl2F2N3O2S. The highest BCUT2D eigenvalue weighted by Gasteiger charge is 2.30. The first-order valence-electron chi connectivity index (χ1n) is 12.1. The number of imidazole rings is 1. The maximum Gasteiger partial charge on any atom is 0.254 e. The lowest BCUT2D eigenvalue weighted by Crippen LogP contribution is -2.27. The Morgan fingerprint density at radius 3 is 2.49 bits per heavy atom. The van der Waals surface area contributed by atoms with Crippen LogP contribution in [0.1, 0.15) is 41.0 Å². The number of amides is 1. The van der Waals surface area contributed by atoms with Gasteiger partial charge >= 0.3 is 0 Å². The first kappa shape index (κ1) is 29.1. The molecule has 1 amide bonds. The Bertz CT molecular complexity index is 1480. The molecule has 0 aliphatic carbocycles. The summed E-state index contributed by atoms with van der Waals surface area (Å²) in [4.78, 5) is 17.1. The summed E-state index contributed by atoms with van der Waals surface area (Å²) in [7, 11) is 1.53. The van der Waals surface area contributed by atoms with Gasteiger partial charge in [-0.3, -0.25) is 9.36 Å². The predicted octanol–water partition coefficient (Wildman–Crippen LogP) is 7.45. The highest BCUT2D eigenvalue weighted by atomic mass is 35.5. The molecule has 5 nitrogen and oxygen atoms in total. The van der Waals surface area contributed by atoms with Crippen LogP contribution in [-0.4, -0.2) is 35.7 Å². The number of hydrogen-bond acceptors (Lipinski definition) is 4. The molecule has 0 aliphatic heterocycles. The van der Waals surface area contributed by atoms with Gasteiger partial charge in [-0.2, -0.15) is 0 Å². The lowest BCUT2D eigenvalue weighted by molar-refractivity contribution is 0.0933. The second-order valence-electron chi connectivity index (χ2n) is 9.34. The average molecular weight is 591 g/mol. The first-order chi connectivity index (χ1) is 18.6. The molecule has 1 heterocycles. The summed E-state index contributed by atoms with van der Waals surface area (Å²) >= 11 is 13.9. The fourth-order valence-electron chi connectivity index (χ4n) is 4.10. The summed E-state index contributed by atoms with van der Waals surface area (Å²) < 4.78 is 35.1. The van der Waals surface area contributed by atoms with Crippen LogP contribution in [0.15, 0.2) is 72.0 Å². The molecule has 1 aromatic heterocycles. The van der Waals surface area contributed by atoms with E-state index in [2.05, 4.69) is 5.32 Å². The van der Waals surface area contributed by atoms with E-state index in [1.54, 1.807) is 30.5 Å². The van der Waals surface area contributed by atoms with Gasteiger partial charge in [0, 0.05) is 30.5 Å². The van der Waals surface area contributed by atoms with E-state index < -0.39 is 17.1 Å². The van der Waals surface area contributed by atoms with Gasteiger partial charge in [0.1, 0.15) is 11.6 Å². The molecular weight excluding hydrogens is 563 g/mol. The van der Waals surface area contributed by atoms with E-state index in [0.717, 1.165) is 22.5 Å². The molecule has 0 atom stereocenters. The zero-order valence-corrected chi connectivity index (χ0v) is 23.9. The third-order valence-electron chi connectivity index (χ3n) is 6.33. The number of nitrogens with one attached hydrogen (secondary N) is 1. The molecule has 4 aromatic rings. The second-order valence-corrected chi connectivity index (χ2v) is 11.1. The van der Waals surface area contributed by atoms with Crippen molar-refractivity contribution in [2.45, 2.75) is 30.2 Å². The van der Waals surface area contributed by atoms with Crippen LogP contribution < -0.4 is 5.32 Å². The summed E-state index contributed by atoms with van der Waals surface area (Å²) in [6, 6.07) is 16.1. The molecule has 0 aliphatic rings. The van der Waals surface area contributed by atoms with Gasteiger partial charge in [-0.15, -0.1) is 0 Å². The van der Waals surface area contributed by atoms with Gasteiger partial charge in [0.05, 0.1) is 34.1 Å². The molecule has 1 N–H and O–H groups in total. The highest BCUT2D eigenvalue weighted by molar-refractivity contribution is 7.98. The van der Waals surface area contributed by atoms with Crippen molar-refractivity contribution in [3.63, 3.8) is 0 Å². The third kappa shape index (κ3) is 6.64. The van der Waals surface area contributed by atoms with E-state index in [0.29, 0.717) is 27.6 Å². The number of benzene rings is 3. The fraction of sp³-hybridized carbons (Fsp3) is 0.241. The van der Waals surface area contributed by atoms with Gasteiger partial charge in [-0.25, -0.2) is 13.8 Å². The van der Waals surface area contributed by atoms with Crippen LogP contribution in [0.2, 0.25) is 10.0 Å². The summed E-state index contributed by atoms with van der Waals surface area (Å²) in [5.74, 6) is -1.03. The zero-order valence-electron chi connectivity index (χ0n) is 21.6.